The van der Waals surface area contributed by atoms with Gasteiger partial charge in [-0.2, -0.15) is 4.31 Å². The zero-order valence-corrected chi connectivity index (χ0v) is 12.7. The Morgan fingerprint density at radius 3 is 2.63 bits per heavy atom. The molecule has 1 fully saturated rings. The summed E-state index contributed by atoms with van der Waals surface area (Å²) in [6, 6.07) is 6.52. The summed E-state index contributed by atoms with van der Waals surface area (Å²) in [4.78, 5) is 0.467. The molecule has 0 radical (unpaired) electrons. The number of nitrogens with zero attached hydrogens (tertiary/aromatic N) is 1. The predicted octanol–water partition coefficient (Wildman–Crippen LogP) is 1.74. The first-order valence-corrected chi connectivity index (χ1v) is 7.97. The maximum Gasteiger partial charge on any atom is 0.243 e. The SMILES string of the molecule is CC1(C)CCN(S(=O)(=O)c2cccc(C(N)=S)c2)C1. The molecule has 2 rings (SSSR count). The van der Waals surface area contributed by atoms with Gasteiger partial charge in [0, 0.05) is 18.7 Å². The van der Waals surface area contributed by atoms with Crippen LogP contribution in [0.2, 0.25) is 0 Å². The normalized spacial score (nSPS) is 19.5. The molecule has 0 spiro atoms. The minimum atomic E-state index is -3.45. The number of hydrogen-bond donors (Lipinski definition) is 1. The lowest BCUT2D eigenvalue weighted by atomic mass is 9.93. The third-order valence-electron chi connectivity index (χ3n) is 3.40. The van der Waals surface area contributed by atoms with Crippen LogP contribution in [0.3, 0.4) is 0 Å². The topological polar surface area (TPSA) is 63.4 Å². The second kappa shape index (κ2) is 4.85. The highest BCUT2D eigenvalue weighted by Gasteiger charge is 2.36. The Bertz CT molecular complexity index is 609. The Morgan fingerprint density at radius 2 is 2.11 bits per heavy atom. The van der Waals surface area contributed by atoms with Crippen LogP contribution in [0.4, 0.5) is 0 Å². The van der Waals surface area contributed by atoms with Crippen molar-refractivity contribution < 1.29 is 8.42 Å². The Hall–Kier alpha value is -0.980. The van der Waals surface area contributed by atoms with Crippen LogP contribution in [-0.4, -0.2) is 30.8 Å². The highest BCUT2D eigenvalue weighted by molar-refractivity contribution is 7.89. The van der Waals surface area contributed by atoms with E-state index in [1.807, 2.05) is 0 Å². The minimum absolute atomic E-state index is 0.0356. The van der Waals surface area contributed by atoms with Gasteiger partial charge in [0.15, 0.2) is 0 Å². The molecule has 2 N–H and O–H groups in total. The quantitative estimate of drug-likeness (QED) is 0.863. The van der Waals surface area contributed by atoms with Crippen LogP contribution in [0.1, 0.15) is 25.8 Å². The van der Waals surface area contributed by atoms with Gasteiger partial charge < -0.3 is 5.73 Å². The summed E-state index contributed by atoms with van der Waals surface area (Å²) < 4.78 is 26.6. The fourth-order valence-corrected chi connectivity index (χ4v) is 4.03. The van der Waals surface area contributed by atoms with E-state index in [9.17, 15) is 8.42 Å². The zero-order valence-electron chi connectivity index (χ0n) is 11.1. The number of thiocarbonyl (C=S) groups is 1. The number of hydrogen-bond acceptors (Lipinski definition) is 3. The molecule has 0 aliphatic carbocycles. The molecule has 4 nitrogen and oxygen atoms in total. The smallest absolute Gasteiger partial charge is 0.243 e. The molecule has 1 aromatic carbocycles. The van der Waals surface area contributed by atoms with Crippen molar-refractivity contribution in [2.24, 2.45) is 11.1 Å². The lowest BCUT2D eigenvalue weighted by molar-refractivity contribution is 0.375. The van der Waals surface area contributed by atoms with Crippen molar-refractivity contribution in [3.05, 3.63) is 29.8 Å². The maximum atomic E-state index is 12.5. The third kappa shape index (κ3) is 2.96. The van der Waals surface area contributed by atoms with Crippen LogP contribution in [0.25, 0.3) is 0 Å². The van der Waals surface area contributed by atoms with Gasteiger partial charge in [-0.25, -0.2) is 8.42 Å². The van der Waals surface area contributed by atoms with E-state index in [1.54, 1.807) is 24.3 Å². The molecule has 104 valence electrons. The molecule has 1 aliphatic rings. The van der Waals surface area contributed by atoms with Crippen molar-refractivity contribution in [1.29, 1.82) is 0 Å². The van der Waals surface area contributed by atoms with Crippen LogP contribution >= 0.6 is 12.2 Å². The summed E-state index contributed by atoms with van der Waals surface area (Å²) in [6.45, 7) is 5.27. The van der Waals surface area contributed by atoms with Gasteiger partial charge in [-0.3, -0.25) is 0 Å². The molecule has 1 aromatic rings. The van der Waals surface area contributed by atoms with Crippen LogP contribution in [-0.2, 0) is 10.0 Å². The Labute approximate surface area is 119 Å². The summed E-state index contributed by atoms with van der Waals surface area (Å²) >= 11 is 4.89. The van der Waals surface area contributed by atoms with Crippen LogP contribution in [0.15, 0.2) is 29.2 Å². The van der Waals surface area contributed by atoms with Crippen LogP contribution in [0, 0.1) is 5.41 Å². The molecule has 6 heteroatoms. The highest BCUT2D eigenvalue weighted by atomic mass is 32.2. The van der Waals surface area contributed by atoms with E-state index in [0.717, 1.165) is 6.42 Å². The molecule has 1 heterocycles. The van der Waals surface area contributed by atoms with Gasteiger partial charge in [-0.15, -0.1) is 0 Å². The van der Waals surface area contributed by atoms with Gasteiger partial charge in [0.05, 0.1) is 4.90 Å². The van der Waals surface area contributed by atoms with Gasteiger partial charge >= 0.3 is 0 Å². The molecule has 19 heavy (non-hydrogen) atoms. The van der Waals surface area contributed by atoms with Crippen molar-refractivity contribution in [2.45, 2.75) is 25.2 Å². The first kappa shape index (κ1) is 14.4. The molecule has 0 aromatic heterocycles. The maximum absolute atomic E-state index is 12.5. The molecule has 0 saturated carbocycles. The average Bonchev–Trinajstić information content (AvgIpc) is 2.70. The summed E-state index contributed by atoms with van der Waals surface area (Å²) in [5.41, 5.74) is 6.16. The van der Waals surface area contributed by atoms with E-state index in [1.165, 1.54) is 4.31 Å². The summed E-state index contributed by atoms with van der Waals surface area (Å²) in [5.74, 6) is 0. The number of sulfonamides is 1. The van der Waals surface area contributed by atoms with Crippen molar-refractivity contribution in [1.82, 2.24) is 4.31 Å². The van der Waals surface area contributed by atoms with Crippen LogP contribution in [0.5, 0.6) is 0 Å². The van der Waals surface area contributed by atoms with Crippen LogP contribution < -0.4 is 5.73 Å². The van der Waals surface area contributed by atoms with E-state index in [2.05, 4.69) is 13.8 Å². The van der Waals surface area contributed by atoms with E-state index < -0.39 is 10.0 Å². The van der Waals surface area contributed by atoms with E-state index in [-0.39, 0.29) is 15.3 Å². The number of rotatable bonds is 3. The fraction of sp³-hybridized carbons (Fsp3) is 0.462. The third-order valence-corrected chi connectivity index (χ3v) is 5.48. The van der Waals surface area contributed by atoms with Crippen molar-refractivity contribution in [3.63, 3.8) is 0 Å². The molecule has 0 unspecified atom stereocenters. The fourth-order valence-electron chi connectivity index (χ4n) is 2.23. The first-order valence-electron chi connectivity index (χ1n) is 6.12. The van der Waals surface area contributed by atoms with Crippen molar-refractivity contribution in [2.75, 3.05) is 13.1 Å². The van der Waals surface area contributed by atoms with Gasteiger partial charge in [0.1, 0.15) is 4.99 Å². The van der Waals surface area contributed by atoms with E-state index >= 15 is 0 Å². The van der Waals surface area contributed by atoms with Crippen molar-refractivity contribution >= 4 is 27.2 Å². The highest BCUT2D eigenvalue weighted by Crippen LogP contribution is 2.32. The summed E-state index contributed by atoms with van der Waals surface area (Å²) in [5, 5.41) is 0. The Morgan fingerprint density at radius 1 is 1.42 bits per heavy atom. The lowest BCUT2D eigenvalue weighted by Gasteiger charge is -2.20. The first-order chi connectivity index (χ1) is 8.72. The van der Waals surface area contributed by atoms with Gasteiger partial charge in [-0.05, 0) is 24.0 Å². The monoisotopic (exact) mass is 298 g/mol. The van der Waals surface area contributed by atoms with Gasteiger partial charge in [-0.1, -0.05) is 38.2 Å². The Kier molecular flexibility index (Phi) is 3.68. The number of nitrogens with two attached hydrogens (primary N) is 1. The standard InChI is InChI=1S/C13H18N2O2S2/c1-13(2)6-7-15(9-13)19(16,17)11-5-3-4-10(8-11)12(14)18/h3-5,8H,6-7,9H2,1-2H3,(H2,14,18). The largest absolute Gasteiger partial charge is 0.389 e. The molecule has 1 saturated heterocycles. The number of benzene rings is 1. The summed E-state index contributed by atoms with van der Waals surface area (Å²) in [6.07, 6.45) is 0.876. The molecule has 0 atom stereocenters. The second-order valence-corrected chi connectivity index (χ2v) is 8.02. The Balaban J connectivity index is 2.35. The second-order valence-electron chi connectivity index (χ2n) is 5.64. The van der Waals surface area contributed by atoms with Gasteiger partial charge in [0.2, 0.25) is 10.0 Å². The zero-order chi connectivity index (χ0) is 14.3. The van der Waals surface area contributed by atoms with E-state index in [4.69, 9.17) is 18.0 Å². The molecule has 1 aliphatic heterocycles. The average molecular weight is 298 g/mol. The molecular weight excluding hydrogens is 280 g/mol. The molecule has 0 bridgehead atoms. The predicted molar refractivity (Wildman–Crippen MR) is 79.5 cm³/mol. The van der Waals surface area contributed by atoms with Crippen molar-refractivity contribution in [3.8, 4) is 0 Å². The molecule has 0 amide bonds. The summed E-state index contributed by atoms with van der Waals surface area (Å²) in [7, 11) is -3.45. The van der Waals surface area contributed by atoms with Gasteiger partial charge in [0.25, 0.3) is 0 Å². The van der Waals surface area contributed by atoms with E-state index in [0.29, 0.717) is 18.7 Å². The lowest BCUT2D eigenvalue weighted by Crippen LogP contribution is -2.30. The molecular formula is C13H18N2O2S2. The minimum Gasteiger partial charge on any atom is -0.389 e.